The molecular weight excluding hydrogens is 358 g/mol. The number of esters is 1. The zero-order valence-corrected chi connectivity index (χ0v) is 14.5. The summed E-state index contributed by atoms with van der Waals surface area (Å²) in [5.74, 6) is -0.202. The van der Waals surface area contributed by atoms with Crippen molar-refractivity contribution in [2.24, 2.45) is 0 Å². The maximum Gasteiger partial charge on any atom is 0.319 e. The van der Waals surface area contributed by atoms with Crippen LogP contribution in [0.5, 0.6) is 0 Å². The summed E-state index contributed by atoms with van der Waals surface area (Å²) >= 11 is 3.44. The van der Waals surface area contributed by atoms with Gasteiger partial charge in [0.15, 0.2) is 0 Å². The molecule has 120 valence electrons. The van der Waals surface area contributed by atoms with E-state index in [1.165, 1.54) is 7.11 Å². The summed E-state index contributed by atoms with van der Waals surface area (Å²) in [4.78, 5) is 13.5. The molecule has 0 unspecified atom stereocenters. The van der Waals surface area contributed by atoms with E-state index >= 15 is 0 Å². The Labute approximate surface area is 143 Å². The van der Waals surface area contributed by atoms with Crippen molar-refractivity contribution in [3.05, 3.63) is 46.6 Å². The van der Waals surface area contributed by atoms with Crippen molar-refractivity contribution in [2.75, 3.05) is 26.7 Å². The number of benzene rings is 1. The number of aromatic nitrogens is 2. The number of hydrogen-bond acceptors (Lipinski definition) is 4. The van der Waals surface area contributed by atoms with Crippen molar-refractivity contribution in [3.63, 3.8) is 0 Å². The van der Waals surface area contributed by atoms with Gasteiger partial charge in [0.05, 0.1) is 25.0 Å². The first-order valence-electron chi connectivity index (χ1n) is 7.45. The van der Waals surface area contributed by atoms with Crippen LogP contribution >= 0.6 is 15.9 Å². The number of nitrogens with one attached hydrogen (secondary N) is 1. The lowest BCUT2D eigenvalue weighted by atomic mass is 10.1. The molecule has 1 aromatic heterocycles. The topological polar surface area (TPSA) is 58.2 Å². The molecule has 23 heavy (non-hydrogen) atoms. The van der Waals surface area contributed by atoms with Gasteiger partial charge >= 0.3 is 5.97 Å². The van der Waals surface area contributed by atoms with E-state index in [4.69, 9.17) is 4.74 Å². The molecule has 1 aromatic carbocycles. The lowest BCUT2D eigenvalue weighted by molar-refractivity contribution is -0.141. The summed E-state index contributed by atoms with van der Waals surface area (Å²) in [5, 5.41) is 7.51. The zero-order chi connectivity index (χ0) is 16.2. The smallest absolute Gasteiger partial charge is 0.319 e. The highest BCUT2D eigenvalue weighted by Crippen LogP contribution is 2.25. The number of carbonyl (C=O) groups is 1. The average molecular weight is 376 g/mol. The van der Waals surface area contributed by atoms with Crippen molar-refractivity contribution in [1.82, 2.24) is 15.1 Å². The molecular formula is C17H18BrN3O2. The standard InChI is InChI=1S/C17H18BrN3O2/c1-23-17(22)11-21-8-2-3-13(10-21)16-9-15(19-20-16)12-4-6-14(18)7-5-12/h3-7,9H,2,8,10-11H2,1H3,(H,19,20). The number of carbonyl (C=O) groups excluding carboxylic acids is 1. The molecule has 5 nitrogen and oxygen atoms in total. The second-order valence-corrected chi connectivity index (χ2v) is 6.39. The van der Waals surface area contributed by atoms with Crippen LogP contribution in [-0.2, 0) is 9.53 Å². The van der Waals surface area contributed by atoms with E-state index in [-0.39, 0.29) is 5.97 Å². The molecule has 0 aliphatic carbocycles. The Hall–Kier alpha value is -1.92. The number of methoxy groups -OCH3 is 1. The first-order valence-corrected chi connectivity index (χ1v) is 8.25. The Bertz CT molecular complexity index is 722. The molecule has 0 bridgehead atoms. The van der Waals surface area contributed by atoms with Gasteiger partial charge in [-0.3, -0.25) is 14.8 Å². The Morgan fingerprint density at radius 1 is 1.39 bits per heavy atom. The summed E-state index contributed by atoms with van der Waals surface area (Å²) in [5.41, 5.74) is 4.14. The lowest BCUT2D eigenvalue weighted by Crippen LogP contribution is -2.34. The van der Waals surface area contributed by atoms with E-state index in [1.54, 1.807) is 0 Å². The second kappa shape index (κ2) is 7.10. The summed E-state index contributed by atoms with van der Waals surface area (Å²) in [6, 6.07) is 10.1. The van der Waals surface area contributed by atoms with Gasteiger partial charge in [-0.1, -0.05) is 34.1 Å². The van der Waals surface area contributed by atoms with Crippen LogP contribution in [-0.4, -0.2) is 47.8 Å². The van der Waals surface area contributed by atoms with Crippen LogP contribution in [0.4, 0.5) is 0 Å². The van der Waals surface area contributed by atoms with Crippen LogP contribution in [0.3, 0.4) is 0 Å². The predicted molar refractivity (Wildman–Crippen MR) is 92.8 cm³/mol. The molecule has 0 atom stereocenters. The number of H-pyrrole nitrogens is 1. The third-order valence-corrected chi connectivity index (χ3v) is 4.40. The normalized spacial score (nSPS) is 15.3. The van der Waals surface area contributed by atoms with E-state index in [0.29, 0.717) is 6.54 Å². The lowest BCUT2D eigenvalue weighted by Gasteiger charge is -2.25. The minimum atomic E-state index is -0.202. The molecule has 0 saturated carbocycles. The maximum absolute atomic E-state index is 11.4. The van der Waals surface area contributed by atoms with Crippen LogP contribution in [0.15, 0.2) is 40.9 Å². The summed E-state index contributed by atoms with van der Waals surface area (Å²) in [7, 11) is 1.42. The molecule has 0 amide bonds. The Balaban J connectivity index is 1.73. The van der Waals surface area contributed by atoms with E-state index in [2.05, 4.69) is 43.2 Å². The minimum Gasteiger partial charge on any atom is -0.468 e. The number of rotatable bonds is 4. The van der Waals surface area contributed by atoms with Gasteiger partial charge in [-0.2, -0.15) is 5.10 Å². The number of aromatic amines is 1. The number of halogens is 1. The number of hydrogen-bond donors (Lipinski definition) is 1. The zero-order valence-electron chi connectivity index (χ0n) is 12.9. The van der Waals surface area contributed by atoms with Crippen LogP contribution in [0.2, 0.25) is 0 Å². The number of nitrogens with zero attached hydrogens (tertiary/aromatic N) is 2. The van der Waals surface area contributed by atoms with Gasteiger partial charge in [0, 0.05) is 23.1 Å². The van der Waals surface area contributed by atoms with E-state index < -0.39 is 0 Å². The monoisotopic (exact) mass is 375 g/mol. The highest BCUT2D eigenvalue weighted by atomic mass is 79.9. The number of ether oxygens (including phenoxy) is 1. The van der Waals surface area contributed by atoms with Gasteiger partial charge in [0.25, 0.3) is 0 Å². The molecule has 0 saturated heterocycles. The van der Waals surface area contributed by atoms with Gasteiger partial charge < -0.3 is 4.74 Å². The van der Waals surface area contributed by atoms with Gasteiger partial charge in [-0.15, -0.1) is 0 Å². The molecule has 6 heteroatoms. The molecule has 3 rings (SSSR count). The first-order chi connectivity index (χ1) is 11.2. The van der Waals surface area contributed by atoms with E-state index in [0.717, 1.165) is 46.5 Å². The molecule has 1 aliphatic rings. The maximum atomic E-state index is 11.4. The van der Waals surface area contributed by atoms with Crippen molar-refractivity contribution >= 4 is 27.5 Å². The highest BCUT2D eigenvalue weighted by Gasteiger charge is 2.18. The SMILES string of the molecule is COC(=O)CN1CCC=C(c2cc(-c3ccc(Br)cc3)n[nH]2)C1. The van der Waals surface area contributed by atoms with Gasteiger partial charge in [0.2, 0.25) is 0 Å². The third-order valence-electron chi connectivity index (χ3n) is 3.87. The Morgan fingerprint density at radius 3 is 2.91 bits per heavy atom. The van der Waals surface area contributed by atoms with Gasteiger partial charge in [-0.25, -0.2) is 0 Å². The van der Waals surface area contributed by atoms with Crippen LogP contribution in [0.1, 0.15) is 12.1 Å². The van der Waals surface area contributed by atoms with Crippen LogP contribution in [0, 0.1) is 0 Å². The molecule has 1 aliphatic heterocycles. The Kier molecular flexibility index (Phi) is 4.93. The van der Waals surface area contributed by atoms with Crippen molar-refractivity contribution in [3.8, 4) is 11.3 Å². The van der Waals surface area contributed by atoms with Gasteiger partial charge in [0.1, 0.15) is 0 Å². The fourth-order valence-corrected chi connectivity index (χ4v) is 2.90. The van der Waals surface area contributed by atoms with Crippen LogP contribution in [0.25, 0.3) is 16.8 Å². The third kappa shape index (κ3) is 3.89. The molecule has 0 spiro atoms. The molecule has 0 radical (unpaired) electrons. The molecule has 2 aromatic rings. The fourth-order valence-electron chi connectivity index (χ4n) is 2.64. The summed E-state index contributed by atoms with van der Waals surface area (Å²) in [6.45, 7) is 1.91. The highest BCUT2D eigenvalue weighted by molar-refractivity contribution is 9.10. The average Bonchev–Trinajstić information content (AvgIpc) is 3.06. The second-order valence-electron chi connectivity index (χ2n) is 5.48. The predicted octanol–water partition coefficient (Wildman–Crippen LogP) is 3.10. The quantitative estimate of drug-likeness (QED) is 0.834. The van der Waals surface area contributed by atoms with Crippen molar-refractivity contribution in [2.45, 2.75) is 6.42 Å². The van der Waals surface area contributed by atoms with Crippen LogP contribution < -0.4 is 0 Å². The van der Waals surface area contributed by atoms with Gasteiger partial charge in [-0.05, 0) is 30.2 Å². The van der Waals surface area contributed by atoms with E-state index in [9.17, 15) is 4.79 Å². The summed E-state index contributed by atoms with van der Waals surface area (Å²) < 4.78 is 5.79. The molecule has 2 heterocycles. The summed E-state index contributed by atoms with van der Waals surface area (Å²) in [6.07, 6.45) is 3.12. The molecule has 0 fully saturated rings. The largest absolute Gasteiger partial charge is 0.468 e. The molecule has 1 N–H and O–H groups in total. The van der Waals surface area contributed by atoms with E-state index in [1.807, 2.05) is 24.3 Å². The van der Waals surface area contributed by atoms with Crippen molar-refractivity contribution in [1.29, 1.82) is 0 Å². The minimum absolute atomic E-state index is 0.202. The Morgan fingerprint density at radius 2 is 2.17 bits per heavy atom. The fraction of sp³-hybridized carbons (Fsp3) is 0.294. The first kappa shape index (κ1) is 16.0. The van der Waals surface area contributed by atoms with Crippen molar-refractivity contribution < 1.29 is 9.53 Å².